The molecule has 32 heavy (non-hydrogen) atoms. The Bertz CT molecular complexity index is 1010. The molecule has 0 aliphatic carbocycles. The highest BCUT2D eigenvalue weighted by molar-refractivity contribution is 6.46. The summed E-state index contributed by atoms with van der Waals surface area (Å²) in [5.41, 5.74) is 2.01. The predicted octanol–water partition coefficient (Wildman–Crippen LogP) is 3.86. The van der Waals surface area contributed by atoms with Gasteiger partial charge in [0.05, 0.1) is 25.3 Å². The minimum Gasteiger partial charge on any atom is -0.507 e. The molecule has 0 aromatic heterocycles. The van der Waals surface area contributed by atoms with Crippen LogP contribution in [-0.2, 0) is 14.3 Å². The molecule has 1 aliphatic rings. The number of rotatable bonds is 9. The summed E-state index contributed by atoms with van der Waals surface area (Å²) in [5, 5.41) is 11.2. The quantitative estimate of drug-likeness (QED) is 0.276. The maximum Gasteiger partial charge on any atom is 0.295 e. The van der Waals surface area contributed by atoms with Gasteiger partial charge in [0.2, 0.25) is 0 Å². The zero-order valence-electron chi connectivity index (χ0n) is 18.9. The molecule has 170 valence electrons. The number of aliphatic hydroxyl groups is 1. The van der Waals surface area contributed by atoms with Gasteiger partial charge in [-0.2, -0.15) is 0 Å². The second-order valence-electron chi connectivity index (χ2n) is 7.52. The van der Waals surface area contributed by atoms with Crippen molar-refractivity contribution in [3.63, 3.8) is 0 Å². The number of ketones is 1. The molecule has 0 radical (unpaired) electrons. The highest BCUT2D eigenvalue weighted by Crippen LogP contribution is 2.40. The topological polar surface area (TPSA) is 85.3 Å². The molecule has 1 unspecified atom stereocenters. The molecule has 2 aromatic carbocycles. The average Bonchev–Trinajstić information content (AvgIpc) is 3.04. The number of ether oxygens (including phenoxy) is 3. The number of Topliss-reactive ketones (excluding diaryl/α,β-unsaturated/α-hetero) is 1. The zero-order valence-corrected chi connectivity index (χ0v) is 18.9. The van der Waals surface area contributed by atoms with Crippen molar-refractivity contribution in [3.05, 3.63) is 64.7 Å². The first-order chi connectivity index (χ1) is 15.4. The highest BCUT2D eigenvalue weighted by atomic mass is 16.5. The SMILES string of the molecule is CCOc1ccc(C2C(=C(O)c3ccc(OC)cc3C)C(=O)C(=O)N2CCCOC)cc1. The largest absolute Gasteiger partial charge is 0.507 e. The molecular weight excluding hydrogens is 410 g/mol. The molecule has 1 saturated heterocycles. The van der Waals surface area contributed by atoms with Gasteiger partial charge in [-0.3, -0.25) is 9.59 Å². The first-order valence-electron chi connectivity index (χ1n) is 10.6. The van der Waals surface area contributed by atoms with Crippen LogP contribution in [0.4, 0.5) is 0 Å². The van der Waals surface area contributed by atoms with Gasteiger partial charge < -0.3 is 24.2 Å². The van der Waals surface area contributed by atoms with E-state index in [4.69, 9.17) is 14.2 Å². The first kappa shape index (κ1) is 23.3. The van der Waals surface area contributed by atoms with Crippen LogP contribution in [0.2, 0.25) is 0 Å². The van der Waals surface area contributed by atoms with Crippen molar-refractivity contribution in [1.82, 2.24) is 4.90 Å². The predicted molar refractivity (Wildman–Crippen MR) is 121 cm³/mol. The molecule has 0 bridgehead atoms. The average molecular weight is 440 g/mol. The van der Waals surface area contributed by atoms with E-state index < -0.39 is 17.7 Å². The van der Waals surface area contributed by atoms with E-state index in [1.807, 2.05) is 26.0 Å². The lowest BCUT2D eigenvalue weighted by atomic mass is 9.93. The number of aliphatic hydroxyl groups excluding tert-OH is 1. The van der Waals surface area contributed by atoms with Gasteiger partial charge in [-0.15, -0.1) is 0 Å². The van der Waals surface area contributed by atoms with Crippen molar-refractivity contribution in [3.8, 4) is 11.5 Å². The normalized spacial score (nSPS) is 17.6. The Morgan fingerprint density at radius 3 is 2.34 bits per heavy atom. The van der Waals surface area contributed by atoms with E-state index in [-0.39, 0.29) is 11.3 Å². The van der Waals surface area contributed by atoms with Crippen LogP contribution in [0.3, 0.4) is 0 Å². The monoisotopic (exact) mass is 439 g/mol. The van der Waals surface area contributed by atoms with Gasteiger partial charge in [0.15, 0.2) is 0 Å². The van der Waals surface area contributed by atoms with Crippen LogP contribution < -0.4 is 9.47 Å². The third kappa shape index (κ3) is 4.62. The van der Waals surface area contributed by atoms with Gasteiger partial charge >= 0.3 is 0 Å². The number of likely N-dealkylation sites (tertiary alicyclic amines) is 1. The van der Waals surface area contributed by atoms with E-state index in [1.54, 1.807) is 44.6 Å². The van der Waals surface area contributed by atoms with Gasteiger partial charge in [-0.25, -0.2) is 0 Å². The van der Waals surface area contributed by atoms with Crippen LogP contribution in [-0.4, -0.2) is 55.7 Å². The third-order valence-corrected chi connectivity index (χ3v) is 5.48. The molecule has 2 aromatic rings. The summed E-state index contributed by atoms with van der Waals surface area (Å²) < 4.78 is 15.9. The Morgan fingerprint density at radius 1 is 1.06 bits per heavy atom. The van der Waals surface area contributed by atoms with Gasteiger partial charge in [-0.1, -0.05) is 12.1 Å². The van der Waals surface area contributed by atoms with Crippen molar-refractivity contribution in [2.75, 3.05) is 34.0 Å². The van der Waals surface area contributed by atoms with Gasteiger partial charge in [0.25, 0.3) is 11.7 Å². The lowest BCUT2D eigenvalue weighted by Gasteiger charge is -2.25. The van der Waals surface area contributed by atoms with Crippen LogP contribution in [0, 0.1) is 6.92 Å². The van der Waals surface area contributed by atoms with Crippen LogP contribution in [0.25, 0.3) is 5.76 Å². The van der Waals surface area contributed by atoms with Crippen LogP contribution in [0.1, 0.15) is 36.1 Å². The number of carbonyl (C=O) groups excluding carboxylic acids is 2. The van der Waals surface area contributed by atoms with Crippen LogP contribution in [0.15, 0.2) is 48.0 Å². The lowest BCUT2D eigenvalue weighted by Crippen LogP contribution is -2.31. The van der Waals surface area contributed by atoms with Crippen molar-refractivity contribution in [2.45, 2.75) is 26.3 Å². The Hall–Kier alpha value is -3.32. The minimum atomic E-state index is -0.705. The Kier molecular flexibility index (Phi) is 7.53. The molecule has 1 amide bonds. The molecule has 3 rings (SSSR count). The van der Waals surface area contributed by atoms with Gasteiger partial charge in [0, 0.05) is 25.8 Å². The number of nitrogens with zero attached hydrogens (tertiary/aromatic N) is 1. The Labute approximate surface area is 188 Å². The van der Waals surface area contributed by atoms with E-state index in [0.717, 1.165) is 11.1 Å². The fourth-order valence-corrected chi connectivity index (χ4v) is 3.92. The molecule has 0 saturated carbocycles. The smallest absolute Gasteiger partial charge is 0.295 e. The van der Waals surface area contributed by atoms with Crippen molar-refractivity contribution in [2.24, 2.45) is 0 Å². The van der Waals surface area contributed by atoms with E-state index in [0.29, 0.717) is 43.2 Å². The second-order valence-corrected chi connectivity index (χ2v) is 7.52. The molecule has 1 fully saturated rings. The summed E-state index contributed by atoms with van der Waals surface area (Å²) in [7, 11) is 3.15. The molecular formula is C25H29NO6. The fraction of sp³-hybridized carbons (Fsp3) is 0.360. The summed E-state index contributed by atoms with van der Waals surface area (Å²) in [6.45, 7) is 5.03. The van der Waals surface area contributed by atoms with Crippen LogP contribution in [0.5, 0.6) is 11.5 Å². The maximum atomic E-state index is 13.1. The summed E-state index contributed by atoms with van der Waals surface area (Å²) in [5.74, 6) is -0.195. The van der Waals surface area contributed by atoms with E-state index >= 15 is 0 Å². The van der Waals surface area contributed by atoms with E-state index in [2.05, 4.69) is 0 Å². The summed E-state index contributed by atoms with van der Waals surface area (Å²) in [6, 6.07) is 11.7. The van der Waals surface area contributed by atoms with E-state index in [1.165, 1.54) is 4.90 Å². The Morgan fingerprint density at radius 2 is 1.75 bits per heavy atom. The highest BCUT2D eigenvalue weighted by Gasteiger charge is 2.45. The number of hydrogen-bond donors (Lipinski definition) is 1. The van der Waals surface area contributed by atoms with Crippen molar-refractivity contribution < 1.29 is 28.9 Å². The molecule has 1 heterocycles. The fourth-order valence-electron chi connectivity index (χ4n) is 3.92. The summed E-state index contributed by atoms with van der Waals surface area (Å²) >= 11 is 0. The standard InChI is InChI=1S/C25H29NO6/c1-5-32-18-9-7-17(8-10-18)22-21(24(28)25(29)26(22)13-6-14-30-3)23(27)20-12-11-19(31-4)15-16(20)2/h7-12,15,22,27H,5-6,13-14H2,1-4H3. The summed E-state index contributed by atoms with van der Waals surface area (Å²) in [6.07, 6.45) is 0.568. The van der Waals surface area contributed by atoms with Crippen molar-refractivity contribution >= 4 is 17.4 Å². The Balaban J connectivity index is 2.11. The second kappa shape index (κ2) is 10.3. The molecule has 1 atom stereocenters. The van der Waals surface area contributed by atoms with Gasteiger partial charge in [0.1, 0.15) is 17.3 Å². The molecule has 7 heteroatoms. The molecule has 1 N–H and O–H groups in total. The number of hydrogen-bond acceptors (Lipinski definition) is 6. The molecule has 1 aliphatic heterocycles. The molecule has 0 spiro atoms. The lowest BCUT2D eigenvalue weighted by molar-refractivity contribution is -0.140. The molecule has 7 nitrogen and oxygen atoms in total. The first-order valence-corrected chi connectivity index (χ1v) is 10.6. The number of carbonyl (C=O) groups is 2. The van der Waals surface area contributed by atoms with E-state index in [9.17, 15) is 14.7 Å². The zero-order chi connectivity index (χ0) is 23.3. The number of amides is 1. The minimum absolute atomic E-state index is 0.0739. The third-order valence-electron chi connectivity index (χ3n) is 5.48. The van der Waals surface area contributed by atoms with Crippen molar-refractivity contribution in [1.29, 1.82) is 0 Å². The number of aryl methyl sites for hydroxylation is 1. The summed E-state index contributed by atoms with van der Waals surface area (Å²) in [4.78, 5) is 27.5. The maximum absolute atomic E-state index is 13.1. The number of methoxy groups -OCH3 is 2. The number of benzene rings is 2. The van der Waals surface area contributed by atoms with Crippen LogP contribution >= 0.6 is 0 Å². The van der Waals surface area contributed by atoms with Gasteiger partial charge in [-0.05, 0) is 61.7 Å².